The van der Waals surface area contributed by atoms with Crippen LogP contribution in [-0.2, 0) is 4.57 Å². The van der Waals surface area contributed by atoms with Gasteiger partial charge in [0.05, 0.1) is 0 Å². The van der Waals surface area contributed by atoms with Crippen LogP contribution in [0.1, 0.15) is 13.3 Å². The maximum absolute atomic E-state index is 12.3. The van der Waals surface area contributed by atoms with E-state index in [-0.39, 0.29) is 0 Å². The summed E-state index contributed by atoms with van der Waals surface area (Å²) in [4.78, 5) is 0. The van der Waals surface area contributed by atoms with E-state index in [0.29, 0.717) is 0 Å². The van der Waals surface area contributed by atoms with Crippen molar-refractivity contribution >= 4 is 12.4 Å². The Balaban J connectivity index is 3.03. The topological polar surface area (TPSA) is 17.1 Å². The molecule has 0 aromatic heterocycles. The van der Waals surface area contributed by atoms with Crippen LogP contribution < -0.4 is 5.30 Å². The molecule has 1 rings (SSSR count). The molecule has 1 nitrogen and oxygen atoms in total. The van der Waals surface area contributed by atoms with Crippen LogP contribution in [-0.4, -0.2) is 6.16 Å². The fraction of sp³-hybridized carbons (Fsp3) is 0.273. The van der Waals surface area contributed by atoms with Crippen molar-refractivity contribution in [3.05, 3.63) is 42.7 Å². The van der Waals surface area contributed by atoms with Crippen LogP contribution in [0.25, 0.3) is 0 Å². The quantitative estimate of drug-likeness (QED) is 0.672. The predicted molar refractivity (Wildman–Crippen MR) is 59.0 cm³/mol. The third-order valence-electron chi connectivity index (χ3n) is 2.04. The Kier molecular flexibility index (Phi) is 3.50. The summed E-state index contributed by atoms with van der Waals surface area (Å²) in [5.41, 5.74) is 0. The highest BCUT2D eigenvalue weighted by atomic mass is 31.2. The summed E-state index contributed by atoms with van der Waals surface area (Å²) < 4.78 is 12.3. The van der Waals surface area contributed by atoms with Gasteiger partial charge in [0.2, 0.25) is 0 Å². The van der Waals surface area contributed by atoms with Gasteiger partial charge in [-0.15, -0.1) is 0 Å². The lowest BCUT2D eigenvalue weighted by Gasteiger charge is -2.12. The first-order chi connectivity index (χ1) is 6.23. The van der Waals surface area contributed by atoms with Gasteiger partial charge in [-0.05, 0) is 12.2 Å². The van der Waals surface area contributed by atoms with Crippen molar-refractivity contribution in [3.8, 4) is 0 Å². The molecule has 0 aliphatic carbocycles. The second kappa shape index (κ2) is 4.43. The Hall–Kier alpha value is -0.810. The van der Waals surface area contributed by atoms with Crippen LogP contribution in [0.2, 0.25) is 0 Å². The number of rotatable bonds is 4. The van der Waals surface area contributed by atoms with Crippen molar-refractivity contribution in [3.63, 3.8) is 0 Å². The van der Waals surface area contributed by atoms with Gasteiger partial charge in [-0.1, -0.05) is 43.8 Å². The second-order valence-corrected chi connectivity index (χ2v) is 5.96. The monoisotopic (exact) mass is 194 g/mol. The van der Waals surface area contributed by atoms with Crippen LogP contribution in [0.15, 0.2) is 42.7 Å². The van der Waals surface area contributed by atoms with E-state index in [0.717, 1.165) is 17.9 Å². The molecular formula is C11H15OP. The first-order valence-electron chi connectivity index (χ1n) is 4.51. The van der Waals surface area contributed by atoms with Gasteiger partial charge in [-0.3, -0.25) is 0 Å². The second-order valence-electron chi connectivity index (χ2n) is 3.04. The summed E-state index contributed by atoms with van der Waals surface area (Å²) in [6.07, 6.45) is 1.65. The van der Waals surface area contributed by atoms with Gasteiger partial charge in [0.1, 0.15) is 7.14 Å². The van der Waals surface area contributed by atoms with Crippen LogP contribution in [0.5, 0.6) is 0 Å². The number of benzene rings is 1. The van der Waals surface area contributed by atoms with Crippen LogP contribution in [0.3, 0.4) is 0 Å². The van der Waals surface area contributed by atoms with Crippen LogP contribution in [0.4, 0.5) is 0 Å². The highest BCUT2D eigenvalue weighted by molar-refractivity contribution is 7.74. The summed E-state index contributed by atoms with van der Waals surface area (Å²) in [5, 5.41) is 0.923. The van der Waals surface area contributed by atoms with E-state index < -0.39 is 7.14 Å². The van der Waals surface area contributed by atoms with E-state index in [4.69, 9.17) is 0 Å². The van der Waals surface area contributed by atoms with E-state index in [1.54, 1.807) is 5.82 Å². The number of hydrogen-bond acceptors (Lipinski definition) is 1. The van der Waals surface area contributed by atoms with Crippen molar-refractivity contribution in [1.82, 2.24) is 0 Å². The lowest BCUT2D eigenvalue weighted by atomic mass is 10.4. The molecule has 0 aliphatic heterocycles. The zero-order valence-electron chi connectivity index (χ0n) is 7.94. The fourth-order valence-corrected chi connectivity index (χ4v) is 3.33. The SMILES string of the molecule is C=CP(=O)(CCC)c1ccccc1. The third-order valence-corrected chi connectivity index (χ3v) is 4.92. The van der Waals surface area contributed by atoms with Gasteiger partial charge in [0, 0.05) is 11.5 Å². The highest BCUT2D eigenvalue weighted by Gasteiger charge is 2.18. The standard InChI is InChI=1S/C11H15OP/c1-3-10-13(12,4-2)11-8-6-5-7-9-11/h4-9H,2-3,10H2,1H3. The van der Waals surface area contributed by atoms with Crippen molar-refractivity contribution in [2.75, 3.05) is 6.16 Å². The van der Waals surface area contributed by atoms with Crippen molar-refractivity contribution < 1.29 is 4.57 Å². The van der Waals surface area contributed by atoms with E-state index in [9.17, 15) is 4.57 Å². The fourth-order valence-electron chi connectivity index (χ4n) is 1.34. The molecular weight excluding hydrogens is 179 g/mol. The Labute approximate surface area is 79.9 Å². The summed E-state index contributed by atoms with van der Waals surface area (Å²) in [7, 11) is -2.29. The van der Waals surface area contributed by atoms with E-state index >= 15 is 0 Å². The van der Waals surface area contributed by atoms with Crippen molar-refractivity contribution in [2.24, 2.45) is 0 Å². The lowest BCUT2D eigenvalue weighted by molar-refractivity contribution is 0.586. The van der Waals surface area contributed by atoms with Crippen LogP contribution in [0, 0.1) is 0 Å². The largest absolute Gasteiger partial charge is 0.314 e. The molecule has 0 N–H and O–H groups in total. The molecule has 1 aromatic rings. The van der Waals surface area contributed by atoms with Gasteiger partial charge < -0.3 is 4.57 Å². The number of hydrogen-bond donors (Lipinski definition) is 0. The van der Waals surface area contributed by atoms with Crippen molar-refractivity contribution in [1.29, 1.82) is 0 Å². The average Bonchev–Trinajstić information content (AvgIpc) is 2.19. The molecule has 0 spiro atoms. The smallest absolute Gasteiger partial charge is 0.135 e. The zero-order valence-corrected chi connectivity index (χ0v) is 8.84. The highest BCUT2D eigenvalue weighted by Crippen LogP contribution is 2.45. The molecule has 0 saturated heterocycles. The summed E-state index contributed by atoms with van der Waals surface area (Å²) in [5.74, 6) is 1.62. The molecule has 0 amide bonds. The summed E-state index contributed by atoms with van der Waals surface area (Å²) in [6, 6.07) is 9.60. The molecule has 1 unspecified atom stereocenters. The third kappa shape index (κ3) is 2.32. The molecule has 70 valence electrons. The van der Waals surface area contributed by atoms with E-state index in [2.05, 4.69) is 6.58 Å². The normalized spacial score (nSPS) is 14.8. The molecule has 0 radical (unpaired) electrons. The first kappa shape index (κ1) is 10.3. The minimum absolute atomic E-state index is 0.723. The maximum Gasteiger partial charge on any atom is 0.135 e. The van der Waals surface area contributed by atoms with Crippen molar-refractivity contribution in [2.45, 2.75) is 13.3 Å². The summed E-state index contributed by atoms with van der Waals surface area (Å²) in [6.45, 7) is 5.71. The van der Waals surface area contributed by atoms with E-state index in [1.165, 1.54) is 0 Å². The molecule has 0 aliphatic rings. The molecule has 1 aromatic carbocycles. The van der Waals surface area contributed by atoms with Gasteiger partial charge in [0.25, 0.3) is 0 Å². The van der Waals surface area contributed by atoms with E-state index in [1.807, 2.05) is 37.3 Å². The van der Waals surface area contributed by atoms with Gasteiger partial charge in [-0.2, -0.15) is 0 Å². The lowest BCUT2D eigenvalue weighted by Crippen LogP contribution is -2.04. The zero-order chi connectivity index (χ0) is 9.73. The Morgan fingerprint density at radius 3 is 2.46 bits per heavy atom. The van der Waals surface area contributed by atoms with Crippen LogP contribution >= 0.6 is 7.14 Å². The average molecular weight is 194 g/mol. The molecule has 0 fully saturated rings. The van der Waals surface area contributed by atoms with Gasteiger partial charge >= 0.3 is 0 Å². The van der Waals surface area contributed by atoms with Gasteiger partial charge in [-0.25, -0.2) is 0 Å². The maximum atomic E-state index is 12.3. The first-order valence-corrected chi connectivity index (χ1v) is 6.47. The Bertz CT molecular complexity index is 316. The Morgan fingerprint density at radius 1 is 1.38 bits per heavy atom. The molecule has 0 heterocycles. The molecule has 1 atom stereocenters. The van der Waals surface area contributed by atoms with Gasteiger partial charge in [0.15, 0.2) is 0 Å². The molecule has 13 heavy (non-hydrogen) atoms. The molecule has 0 saturated carbocycles. The minimum atomic E-state index is -2.29. The predicted octanol–water partition coefficient (Wildman–Crippen LogP) is 3.23. The Morgan fingerprint density at radius 2 is 2.00 bits per heavy atom. The summed E-state index contributed by atoms with van der Waals surface area (Å²) >= 11 is 0. The molecule has 0 bridgehead atoms. The molecule has 2 heteroatoms. The minimum Gasteiger partial charge on any atom is -0.314 e.